The molecule has 1 aromatic heterocycles. The smallest absolute Gasteiger partial charge is 0.340 e. The van der Waals surface area contributed by atoms with Gasteiger partial charge in [-0.1, -0.05) is 23.8 Å². The Bertz CT molecular complexity index is 1210. The number of anilines is 1. The van der Waals surface area contributed by atoms with Crippen LogP contribution in [-0.4, -0.2) is 35.0 Å². The molecule has 0 bridgehead atoms. The molecule has 2 aromatic carbocycles. The molecule has 0 saturated heterocycles. The van der Waals surface area contributed by atoms with E-state index in [9.17, 15) is 14.4 Å². The van der Waals surface area contributed by atoms with Crippen molar-refractivity contribution in [2.24, 2.45) is 0 Å². The van der Waals surface area contributed by atoms with Gasteiger partial charge < -0.3 is 19.9 Å². The van der Waals surface area contributed by atoms with Crippen LogP contribution in [-0.2, 0) is 9.53 Å². The van der Waals surface area contributed by atoms with Crippen molar-refractivity contribution in [3.63, 3.8) is 0 Å². The number of hydrogen-bond acceptors (Lipinski definition) is 4. The number of nitrogens with one attached hydrogen (secondary N) is 2. The number of rotatable bonds is 7. The molecule has 7 nitrogen and oxygen atoms in total. The molecular weight excluding hydrogens is 418 g/mol. The number of aryl methyl sites for hydroxylation is 2. The Balaban J connectivity index is 1.37. The van der Waals surface area contributed by atoms with E-state index in [4.69, 9.17) is 4.74 Å². The molecule has 0 unspecified atom stereocenters. The topological polar surface area (TPSA) is 89.4 Å². The molecule has 4 rings (SSSR count). The van der Waals surface area contributed by atoms with Crippen molar-refractivity contribution in [1.29, 1.82) is 0 Å². The van der Waals surface area contributed by atoms with Gasteiger partial charge in [0.1, 0.15) is 0 Å². The van der Waals surface area contributed by atoms with E-state index in [0.29, 0.717) is 16.8 Å². The second kappa shape index (κ2) is 9.32. The Morgan fingerprint density at radius 3 is 2.42 bits per heavy atom. The Morgan fingerprint density at radius 2 is 1.73 bits per heavy atom. The fraction of sp³-hybridized carbons (Fsp3) is 0.269. The van der Waals surface area contributed by atoms with Crippen molar-refractivity contribution >= 4 is 23.5 Å². The molecule has 1 heterocycles. The van der Waals surface area contributed by atoms with Crippen LogP contribution < -0.4 is 10.6 Å². The first-order chi connectivity index (χ1) is 15.8. The molecule has 2 amide bonds. The third kappa shape index (κ3) is 5.31. The van der Waals surface area contributed by atoms with E-state index in [1.54, 1.807) is 30.3 Å². The number of amides is 2. The molecule has 0 spiro atoms. The van der Waals surface area contributed by atoms with E-state index in [1.165, 1.54) is 0 Å². The highest BCUT2D eigenvalue weighted by atomic mass is 16.5. The predicted octanol–water partition coefficient (Wildman–Crippen LogP) is 4.09. The summed E-state index contributed by atoms with van der Waals surface area (Å²) < 4.78 is 7.24. The van der Waals surface area contributed by atoms with Gasteiger partial charge in [0.05, 0.1) is 5.56 Å². The van der Waals surface area contributed by atoms with Crippen molar-refractivity contribution in [2.75, 3.05) is 11.9 Å². The second-order valence-corrected chi connectivity index (χ2v) is 8.41. The summed E-state index contributed by atoms with van der Waals surface area (Å²) in [4.78, 5) is 37.2. The lowest BCUT2D eigenvalue weighted by Gasteiger charge is -2.11. The van der Waals surface area contributed by atoms with Gasteiger partial charge in [-0.3, -0.25) is 9.59 Å². The number of carbonyl (C=O) groups excluding carboxylic acids is 3. The van der Waals surface area contributed by atoms with Gasteiger partial charge in [0, 0.05) is 34.4 Å². The zero-order valence-electron chi connectivity index (χ0n) is 19.0. The zero-order valence-corrected chi connectivity index (χ0v) is 19.0. The van der Waals surface area contributed by atoms with Gasteiger partial charge in [0.15, 0.2) is 6.61 Å². The fourth-order valence-corrected chi connectivity index (χ4v) is 3.70. The summed E-state index contributed by atoms with van der Waals surface area (Å²) in [5.74, 6) is -1.20. The summed E-state index contributed by atoms with van der Waals surface area (Å²) in [5, 5.41) is 5.59. The van der Waals surface area contributed by atoms with Crippen LogP contribution in [0.1, 0.15) is 50.5 Å². The van der Waals surface area contributed by atoms with Crippen LogP contribution in [0.3, 0.4) is 0 Å². The summed E-state index contributed by atoms with van der Waals surface area (Å²) in [6, 6.07) is 16.7. The average Bonchev–Trinajstić information content (AvgIpc) is 3.56. The number of esters is 1. The molecule has 2 N–H and O–H groups in total. The Hall–Kier alpha value is -3.87. The van der Waals surface area contributed by atoms with Crippen LogP contribution in [0.4, 0.5) is 5.69 Å². The lowest BCUT2D eigenvalue weighted by molar-refractivity contribution is -0.119. The highest BCUT2D eigenvalue weighted by molar-refractivity contribution is 5.99. The van der Waals surface area contributed by atoms with E-state index in [2.05, 4.69) is 10.6 Å². The third-order valence-electron chi connectivity index (χ3n) is 5.60. The molecular formula is C26H27N3O4. The van der Waals surface area contributed by atoms with Crippen LogP contribution in [0.5, 0.6) is 0 Å². The maximum atomic E-state index is 12.7. The minimum absolute atomic E-state index is 0.163. The summed E-state index contributed by atoms with van der Waals surface area (Å²) in [5.41, 5.74) is 5.11. The minimum Gasteiger partial charge on any atom is -0.452 e. The molecule has 0 aliphatic heterocycles. The first kappa shape index (κ1) is 22.3. The maximum Gasteiger partial charge on any atom is 0.340 e. The largest absolute Gasteiger partial charge is 0.452 e. The Labute approximate surface area is 192 Å². The summed E-state index contributed by atoms with van der Waals surface area (Å²) in [6.07, 6.45) is 2.00. The van der Waals surface area contributed by atoms with Crippen molar-refractivity contribution in [1.82, 2.24) is 9.88 Å². The summed E-state index contributed by atoms with van der Waals surface area (Å²) in [6.45, 7) is 5.36. The fourth-order valence-electron chi connectivity index (χ4n) is 3.70. The molecule has 33 heavy (non-hydrogen) atoms. The normalized spacial score (nSPS) is 12.8. The monoisotopic (exact) mass is 445 g/mol. The molecule has 0 atom stereocenters. The van der Waals surface area contributed by atoms with E-state index in [0.717, 1.165) is 35.5 Å². The lowest BCUT2D eigenvalue weighted by atomic mass is 10.2. The quantitative estimate of drug-likeness (QED) is 0.536. The number of nitrogens with zero attached hydrogens (tertiary/aromatic N) is 1. The first-order valence-electron chi connectivity index (χ1n) is 11.0. The number of benzene rings is 2. The molecule has 3 aromatic rings. The molecule has 1 aliphatic rings. The van der Waals surface area contributed by atoms with Crippen molar-refractivity contribution in [2.45, 2.75) is 39.7 Å². The van der Waals surface area contributed by atoms with Crippen LogP contribution in [0.15, 0.2) is 54.6 Å². The molecule has 0 radical (unpaired) electrons. The maximum absolute atomic E-state index is 12.7. The van der Waals surface area contributed by atoms with Crippen molar-refractivity contribution < 1.29 is 19.1 Å². The van der Waals surface area contributed by atoms with Crippen molar-refractivity contribution in [3.8, 4) is 5.69 Å². The SMILES string of the molecule is Cc1ccc(-n2c(C)cc(C(=O)OCC(=O)Nc3cccc(C(=O)NC4CC4)c3)c2C)cc1. The van der Waals surface area contributed by atoms with Crippen LogP contribution in [0, 0.1) is 20.8 Å². The molecule has 1 fully saturated rings. The van der Waals surface area contributed by atoms with Crippen LogP contribution in [0.2, 0.25) is 0 Å². The van der Waals surface area contributed by atoms with Gasteiger partial charge in [-0.2, -0.15) is 0 Å². The van der Waals surface area contributed by atoms with E-state index < -0.39 is 18.5 Å². The number of carbonyl (C=O) groups is 3. The number of ether oxygens (including phenoxy) is 1. The van der Waals surface area contributed by atoms with Gasteiger partial charge in [-0.15, -0.1) is 0 Å². The lowest BCUT2D eigenvalue weighted by Crippen LogP contribution is -2.25. The standard InChI is InChI=1S/C26H27N3O4/c1-16-7-11-22(12-8-16)29-17(2)13-23(18(29)3)26(32)33-15-24(30)27-21-6-4-5-19(14-21)25(31)28-20-9-10-20/h4-8,11-14,20H,9-10,15H2,1-3H3,(H,27,30)(H,28,31). The van der Waals surface area contributed by atoms with Gasteiger partial charge in [-0.05, 0) is 70.0 Å². The molecule has 1 saturated carbocycles. The summed E-state index contributed by atoms with van der Waals surface area (Å²) in [7, 11) is 0. The van der Waals surface area contributed by atoms with Gasteiger partial charge in [-0.25, -0.2) is 4.79 Å². The van der Waals surface area contributed by atoms with Crippen LogP contribution >= 0.6 is 0 Å². The molecule has 7 heteroatoms. The predicted molar refractivity (Wildman–Crippen MR) is 126 cm³/mol. The molecule has 170 valence electrons. The minimum atomic E-state index is -0.561. The van der Waals surface area contributed by atoms with Crippen molar-refractivity contribution in [3.05, 3.63) is 82.7 Å². The van der Waals surface area contributed by atoms with Gasteiger partial charge >= 0.3 is 5.97 Å². The zero-order chi connectivity index (χ0) is 23.5. The average molecular weight is 446 g/mol. The third-order valence-corrected chi connectivity index (χ3v) is 5.60. The van der Waals surface area contributed by atoms with E-state index >= 15 is 0 Å². The van der Waals surface area contributed by atoms with E-state index in [1.807, 2.05) is 49.6 Å². The highest BCUT2D eigenvalue weighted by Crippen LogP contribution is 2.22. The van der Waals surface area contributed by atoms with Gasteiger partial charge in [0.25, 0.3) is 11.8 Å². The number of hydrogen-bond donors (Lipinski definition) is 2. The molecule has 1 aliphatic carbocycles. The Morgan fingerprint density at radius 1 is 1.00 bits per heavy atom. The highest BCUT2D eigenvalue weighted by Gasteiger charge is 2.24. The van der Waals surface area contributed by atoms with E-state index in [-0.39, 0.29) is 11.9 Å². The van der Waals surface area contributed by atoms with Gasteiger partial charge in [0.2, 0.25) is 0 Å². The number of aromatic nitrogens is 1. The first-order valence-corrected chi connectivity index (χ1v) is 11.0. The second-order valence-electron chi connectivity index (χ2n) is 8.41. The summed E-state index contributed by atoms with van der Waals surface area (Å²) >= 11 is 0. The van der Waals surface area contributed by atoms with Crippen LogP contribution in [0.25, 0.3) is 5.69 Å². The Kier molecular flexibility index (Phi) is 6.31.